The van der Waals surface area contributed by atoms with Crippen LogP contribution in [0, 0.1) is 0 Å². The zero-order valence-corrected chi connectivity index (χ0v) is 12.1. The lowest BCUT2D eigenvalue weighted by atomic mass is 10.1. The molecule has 2 rings (SSSR count). The summed E-state index contributed by atoms with van der Waals surface area (Å²) in [6.07, 6.45) is 2.96. The van der Waals surface area contributed by atoms with Crippen molar-refractivity contribution >= 4 is 15.8 Å². The number of nitrogens with two attached hydrogens (primary N) is 1. The van der Waals surface area contributed by atoms with E-state index in [1.165, 1.54) is 6.33 Å². The minimum atomic E-state index is -3.48. The second-order valence-corrected chi connectivity index (χ2v) is 7.10. The molecule has 0 radical (unpaired) electrons. The molecule has 1 unspecified atom stereocenters. The Balaban J connectivity index is 2.20. The third kappa shape index (κ3) is 3.42. The zero-order valence-electron chi connectivity index (χ0n) is 11.3. The van der Waals surface area contributed by atoms with Crippen molar-refractivity contribution in [2.24, 2.45) is 5.14 Å². The van der Waals surface area contributed by atoms with Crippen molar-refractivity contribution in [1.29, 1.82) is 0 Å². The minimum Gasteiger partial charge on any atom is -0.355 e. The molecule has 0 aliphatic carbocycles. The van der Waals surface area contributed by atoms with Gasteiger partial charge in [0, 0.05) is 24.8 Å². The van der Waals surface area contributed by atoms with E-state index in [0.717, 1.165) is 24.5 Å². The molecule has 2 N–H and O–H groups in total. The number of piperidine rings is 1. The molecule has 7 heteroatoms. The Kier molecular flexibility index (Phi) is 4.05. The third-order valence-electron chi connectivity index (χ3n) is 3.43. The van der Waals surface area contributed by atoms with Crippen LogP contribution in [0.3, 0.4) is 0 Å². The van der Waals surface area contributed by atoms with E-state index in [1.807, 2.05) is 11.0 Å². The molecule has 1 saturated heterocycles. The fourth-order valence-electron chi connectivity index (χ4n) is 2.26. The average Bonchev–Trinajstić information content (AvgIpc) is 2.38. The van der Waals surface area contributed by atoms with Crippen LogP contribution in [0.1, 0.15) is 38.3 Å². The zero-order chi connectivity index (χ0) is 14.0. The second kappa shape index (κ2) is 5.42. The third-order valence-corrected chi connectivity index (χ3v) is 4.75. The van der Waals surface area contributed by atoms with E-state index in [2.05, 4.69) is 23.8 Å². The average molecular weight is 284 g/mol. The first-order valence-corrected chi connectivity index (χ1v) is 8.07. The van der Waals surface area contributed by atoms with Gasteiger partial charge in [0.1, 0.15) is 12.1 Å². The van der Waals surface area contributed by atoms with Gasteiger partial charge in [0.15, 0.2) is 0 Å². The summed E-state index contributed by atoms with van der Waals surface area (Å²) in [4.78, 5) is 10.4. The molecule has 1 atom stereocenters. The molecule has 0 spiro atoms. The molecule has 1 aromatic rings. The Hall–Kier alpha value is -1.21. The monoisotopic (exact) mass is 284 g/mol. The van der Waals surface area contributed by atoms with Crippen LogP contribution in [-0.4, -0.2) is 36.7 Å². The van der Waals surface area contributed by atoms with E-state index in [0.29, 0.717) is 18.9 Å². The largest absolute Gasteiger partial charge is 0.355 e. The Labute approximate surface area is 114 Å². The van der Waals surface area contributed by atoms with Crippen LogP contribution < -0.4 is 10.0 Å². The molecular weight excluding hydrogens is 264 g/mol. The molecule has 0 saturated carbocycles. The highest BCUT2D eigenvalue weighted by Crippen LogP contribution is 2.22. The summed E-state index contributed by atoms with van der Waals surface area (Å²) in [7, 11) is -3.48. The lowest BCUT2D eigenvalue weighted by molar-refractivity contribution is 0.530. The number of hydrogen-bond donors (Lipinski definition) is 1. The quantitative estimate of drug-likeness (QED) is 0.889. The predicted molar refractivity (Wildman–Crippen MR) is 74.5 cm³/mol. The first-order chi connectivity index (χ1) is 8.88. The van der Waals surface area contributed by atoms with Gasteiger partial charge in [0.25, 0.3) is 0 Å². The maximum Gasteiger partial charge on any atom is 0.213 e. The topological polar surface area (TPSA) is 89.2 Å². The lowest BCUT2D eigenvalue weighted by Crippen LogP contribution is -2.45. The Morgan fingerprint density at radius 1 is 1.42 bits per heavy atom. The van der Waals surface area contributed by atoms with Crippen molar-refractivity contribution in [2.45, 2.75) is 37.9 Å². The number of rotatable bonds is 3. The van der Waals surface area contributed by atoms with E-state index in [4.69, 9.17) is 5.14 Å². The van der Waals surface area contributed by atoms with Gasteiger partial charge in [-0.2, -0.15) is 0 Å². The molecule has 2 heterocycles. The summed E-state index contributed by atoms with van der Waals surface area (Å²) in [5.41, 5.74) is 0.961. The van der Waals surface area contributed by atoms with E-state index in [9.17, 15) is 8.42 Å². The van der Waals surface area contributed by atoms with Gasteiger partial charge in [-0.15, -0.1) is 0 Å². The van der Waals surface area contributed by atoms with Gasteiger partial charge in [0.05, 0.1) is 5.25 Å². The maximum absolute atomic E-state index is 11.5. The first-order valence-electron chi connectivity index (χ1n) is 6.46. The van der Waals surface area contributed by atoms with Crippen LogP contribution in [0.15, 0.2) is 12.4 Å². The van der Waals surface area contributed by atoms with Gasteiger partial charge >= 0.3 is 0 Å². The SMILES string of the molecule is CC(C)c1cc(N2CCCC(S(N)(=O)=O)C2)ncn1. The summed E-state index contributed by atoms with van der Waals surface area (Å²) >= 11 is 0. The highest BCUT2D eigenvalue weighted by Gasteiger charge is 2.28. The van der Waals surface area contributed by atoms with Gasteiger partial charge in [-0.05, 0) is 18.8 Å². The summed E-state index contributed by atoms with van der Waals surface area (Å²) in [6, 6.07) is 1.93. The number of aromatic nitrogens is 2. The predicted octanol–water partition coefficient (Wildman–Crippen LogP) is 0.857. The van der Waals surface area contributed by atoms with Gasteiger partial charge in [-0.1, -0.05) is 13.8 Å². The number of anilines is 1. The normalized spacial score (nSPS) is 20.8. The highest BCUT2D eigenvalue weighted by atomic mass is 32.2. The summed E-state index contributed by atoms with van der Waals surface area (Å²) < 4.78 is 22.9. The van der Waals surface area contributed by atoms with Crippen molar-refractivity contribution in [1.82, 2.24) is 9.97 Å². The number of primary sulfonamides is 1. The van der Waals surface area contributed by atoms with Crippen molar-refractivity contribution in [3.8, 4) is 0 Å². The Morgan fingerprint density at radius 2 is 2.16 bits per heavy atom. The van der Waals surface area contributed by atoms with E-state index >= 15 is 0 Å². The van der Waals surface area contributed by atoms with Crippen molar-refractivity contribution < 1.29 is 8.42 Å². The Morgan fingerprint density at radius 3 is 2.79 bits per heavy atom. The van der Waals surface area contributed by atoms with Crippen molar-refractivity contribution in [3.05, 3.63) is 18.1 Å². The molecule has 106 valence electrons. The summed E-state index contributed by atoms with van der Waals surface area (Å²) in [5.74, 6) is 1.10. The van der Waals surface area contributed by atoms with Gasteiger partial charge in [0.2, 0.25) is 10.0 Å². The molecule has 1 aromatic heterocycles. The molecule has 1 fully saturated rings. The van der Waals surface area contributed by atoms with Crippen LogP contribution in [0.5, 0.6) is 0 Å². The number of sulfonamides is 1. The fourth-order valence-corrected chi connectivity index (χ4v) is 3.15. The molecule has 0 amide bonds. The molecule has 6 nitrogen and oxygen atoms in total. The first kappa shape index (κ1) is 14.2. The van der Waals surface area contributed by atoms with Crippen molar-refractivity contribution in [3.63, 3.8) is 0 Å². The van der Waals surface area contributed by atoms with E-state index < -0.39 is 15.3 Å². The van der Waals surface area contributed by atoms with Crippen LogP contribution in [0.25, 0.3) is 0 Å². The number of nitrogens with zero attached hydrogens (tertiary/aromatic N) is 3. The molecular formula is C12H20N4O2S. The number of hydrogen-bond acceptors (Lipinski definition) is 5. The minimum absolute atomic E-state index is 0.320. The van der Waals surface area contributed by atoms with Gasteiger partial charge in [-0.25, -0.2) is 23.5 Å². The standard InChI is InChI=1S/C12H20N4O2S/c1-9(2)11-6-12(15-8-14-11)16-5-3-4-10(7-16)19(13,17)18/h6,8-10H,3-5,7H2,1-2H3,(H2,13,17,18). The smallest absolute Gasteiger partial charge is 0.213 e. The second-order valence-electron chi connectivity index (χ2n) is 5.26. The van der Waals surface area contributed by atoms with Crippen LogP contribution in [0.4, 0.5) is 5.82 Å². The molecule has 0 bridgehead atoms. The lowest BCUT2D eigenvalue weighted by Gasteiger charge is -2.32. The molecule has 1 aliphatic rings. The van der Waals surface area contributed by atoms with Crippen molar-refractivity contribution in [2.75, 3.05) is 18.0 Å². The van der Waals surface area contributed by atoms with E-state index in [1.54, 1.807) is 0 Å². The van der Waals surface area contributed by atoms with Gasteiger partial charge in [-0.3, -0.25) is 0 Å². The van der Waals surface area contributed by atoms with E-state index in [-0.39, 0.29) is 0 Å². The van der Waals surface area contributed by atoms with Crippen LogP contribution >= 0.6 is 0 Å². The maximum atomic E-state index is 11.5. The molecule has 19 heavy (non-hydrogen) atoms. The van der Waals surface area contributed by atoms with Gasteiger partial charge < -0.3 is 4.90 Å². The molecule has 1 aliphatic heterocycles. The summed E-state index contributed by atoms with van der Waals surface area (Å²) in [5, 5.41) is 4.74. The highest BCUT2D eigenvalue weighted by molar-refractivity contribution is 7.89. The Bertz CT molecular complexity index is 544. The molecule has 0 aromatic carbocycles. The van der Waals surface area contributed by atoms with Crippen LogP contribution in [-0.2, 0) is 10.0 Å². The fraction of sp³-hybridized carbons (Fsp3) is 0.667. The van der Waals surface area contributed by atoms with Crippen LogP contribution in [0.2, 0.25) is 0 Å². The summed E-state index contributed by atoms with van der Waals surface area (Å²) in [6.45, 7) is 5.35.